The third kappa shape index (κ3) is 6.13. The van der Waals surface area contributed by atoms with Crippen molar-refractivity contribution in [2.24, 2.45) is 0 Å². The van der Waals surface area contributed by atoms with Crippen LogP contribution in [-0.4, -0.2) is 60.4 Å². The van der Waals surface area contributed by atoms with Gasteiger partial charge in [-0.1, -0.05) is 12.1 Å². The van der Waals surface area contributed by atoms with E-state index < -0.39 is 15.9 Å². The Labute approximate surface area is 204 Å². The van der Waals surface area contributed by atoms with Crippen LogP contribution < -0.4 is 10.6 Å². The van der Waals surface area contributed by atoms with Crippen molar-refractivity contribution >= 4 is 33.2 Å². The predicted molar refractivity (Wildman–Crippen MR) is 131 cm³/mol. The molecule has 35 heavy (non-hydrogen) atoms. The third-order valence-electron chi connectivity index (χ3n) is 5.63. The smallest absolute Gasteiger partial charge is 0.255 e. The summed E-state index contributed by atoms with van der Waals surface area (Å²) in [6.07, 6.45) is 5.33. The van der Waals surface area contributed by atoms with E-state index in [9.17, 15) is 18.0 Å². The second-order valence-corrected chi connectivity index (χ2v) is 10.1. The van der Waals surface area contributed by atoms with Gasteiger partial charge in [0.1, 0.15) is 0 Å². The van der Waals surface area contributed by atoms with Crippen molar-refractivity contribution in [3.05, 3.63) is 72.3 Å². The quantitative estimate of drug-likeness (QED) is 0.493. The summed E-state index contributed by atoms with van der Waals surface area (Å²) >= 11 is 0. The fourth-order valence-corrected chi connectivity index (χ4v) is 5.07. The van der Waals surface area contributed by atoms with Crippen LogP contribution in [-0.2, 0) is 26.1 Å². The number of carbonyl (C=O) groups excluding carboxylic acids is 2. The Morgan fingerprint density at radius 2 is 1.89 bits per heavy atom. The normalized spacial score (nSPS) is 14.4. The van der Waals surface area contributed by atoms with Gasteiger partial charge in [-0.3, -0.25) is 9.59 Å². The van der Waals surface area contributed by atoms with Crippen molar-refractivity contribution in [2.75, 3.05) is 36.9 Å². The standard InChI is InChI=1S/C24H27N5O5S/c1-18-5-6-21(35(32,33)29-11-13-34-14-12-29)16-22(18)27-24(31)19-3-2-4-20(15-19)26-23(30)7-9-28-10-8-25-17-28/h2-6,8,10,15-17H,7,9,11-14H2,1H3,(H,26,30)(H,27,31). The number of rotatable bonds is 8. The van der Waals surface area contributed by atoms with Crippen LogP contribution >= 0.6 is 0 Å². The van der Waals surface area contributed by atoms with Gasteiger partial charge in [-0.15, -0.1) is 0 Å². The highest BCUT2D eigenvalue weighted by Crippen LogP contribution is 2.24. The van der Waals surface area contributed by atoms with Crippen molar-refractivity contribution in [1.29, 1.82) is 0 Å². The van der Waals surface area contributed by atoms with Gasteiger partial charge in [0, 0.05) is 55.4 Å². The van der Waals surface area contributed by atoms with E-state index in [1.54, 1.807) is 60.5 Å². The summed E-state index contributed by atoms with van der Waals surface area (Å²) < 4.78 is 34.4. The van der Waals surface area contributed by atoms with E-state index in [0.29, 0.717) is 49.8 Å². The van der Waals surface area contributed by atoms with Crippen molar-refractivity contribution in [1.82, 2.24) is 13.9 Å². The average Bonchev–Trinajstić information content (AvgIpc) is 3.38. The maximum Gasteiger partial charge on any atom is 0.255 e. The zero-order valence-electron chi connectivity index (χ0n) is 19.3. The van der Waals surface area contributed by atoms with Crippen LogP contribution in [0.25, 0.3) is 0 Å². The van der Waals surface area contributed by atoms with Crippen LogP contribution in [0.1, 0.15) is 22.3 Å². The molecule has 3 aromatic rings. The summed E-state index contributed by atoms with van der Waals surface area (Å²) in [5, 5.41) is 5.59. The van der Waals surface area contributed by atoms with Gasteiger partial charge in [-0.05, 0) is 42.8 Å². The molecule has 184 valence electrons. The lowest BCUT2D eigenvalue weighted by molar-refractivity contribution is -0.116. The highest BCUT2D eigenvalue weighted by Gasteiger charge is 2.27. The molecule has 2 heterocycles. The first kappa shape index (κ1) is 24.6. The molecule has 2 aromatic carbocycles. The number of imidazole rings is 1. The Morgan fingerprint density at radius 3 is 2.63 bits per heavy atom. The van der Waals surface area contributed by atoms with Crippen LogP contribution in [0.3, 0.4) is 0 Å². The number of aromatic nitrogens is 2. The molecule has 11 heteroatoms. The minimum atomic E-state index is -3.69. The predicted octanol–water partition coefficient (Wildman–Crippen LogP) is 2.49. The molecule has 1 aliphatic rings. The van der Waals surface area contributed by atoms with E-state index in [1.807, 2.05) is 0 Å². The Bertz CT molecular complexity index is 1300. The van der Waals surface area contributed by atoms with Gasteiger partial charge >= 0.3 is 0 Å². The van der Waals surface area contributed by atoms with E-state index in [1.165, 1.54) is 16.4 Å². The monoisotopic (exact) mass is 497 g/mol. The van der Waals surface area contributed by atoms with Gasteiger partial charge in [0.2, 0.25) is 15.9 Å². The molecule has 4 rings (SSSR count). The number of ether oxygens (including phenoxy) is 1. The lowest BCUT2D eigenvalue weighted by atomic mass is 10.1. The van der Waals surface area contributed by atoms with Crippen LogP contribution in [0.4, 0.5) is 11.4 Å². The highest BCUT2D eigenvalue weighted by atomic mass is 32.2. The lowest BCUT2D eigenvalue weighted by Crippen LogP contribution is -2.40. The molecular weight excluding hydrogens is 470 g/mol. The van der Waals surface area contributed by atoms with E-state index in [-0.39, 0.29) is 17.2 Å². The molecule has 1 aliphatic heterocycles. The number of anilines is 2. The molecule has 0 radical (unpaired) electrons. The van der Waals surface area contributed by atoms with Crippen molar-refractivity contribution in [2.45, 2.75) is 24.8 Å². The Morgan fingerprint density at radius 1 is 1.09 bits per heavy atom. The van der Waals surface area contributed by atoms with Gasteiger partial charge in [0.05, 0.1) is 24.4 Å². The summed E-state index contributed by atoms with van der Waals surface area (Å²) in [6.45, 7) is 3.57. The minimum Gasteiger partial charge on any atom is -0.379 e. The Balaban J connectivity index is 1.44. The molecule has 1 saturated heterocycles. The van der Waals surface area contributed by atoms with Crippen molar-refractivity contribution < 1.29 is 22.7 Å². The van der Waals surface area contributed by atoms with Gasteiger partial charge in [0.25, 0.3) is 5.91 Å². The molecule has 1 fully saturated rings. The Hall–Kier alpha value is -3.54. The number of nitrogens with one attached hydrogen (secondary N) is 2. The zero-order valence-corrected chi connectivity index (χ0v) is 20.1. The van der Waals surface area contributed by atoms with Crippen LogP contribution in [0.15, 0.2) is 66.1 Å². The molecule has 2 N–H and O–H groups in total. The number of hydrogen-bond acceptors (Lipinski definition) is 6. The summed E-state index contributed by atoms with van der Waals surface area (Å²) in [5.41, 5.74) is 1.95. The number of sulfonamides is 1. The second-order valence-electron chi connectivity index (χ2n) is 8.13. The highest BCUT2D eigenvalue weighted by molar-refractivity contribution is 7.89. The number of aryl methyl sites for hydroxylation is 2. The van der Waals surface area contributed by atoms with E-state index in [0.717, 1.165) is 5.56 Å². The molecule has 0 aliphatic carbocycles. The van der Waals surface area contributed by atoms with Gasteiger partial charge < -0.3 is 19.9 Å². The summed E-state index contributed by atoms with van der Waals surface area (Å²) in [6, 6.07) is 11.3. The molecule has 2 amide bonds. The van der Waals surface area contributed by atoms with Crippen LogP contribution in [0, 0.1) is 6.92 Å². The van der Waals surface area contributed by atoms with Crippen molar-refractivity contribution in [3.8, 4) is 0 Å². The third-order valence-corrected chi connectivity index (χ3v) is 7.52. The van der Waals surface area contributed by atoms with Gasteiger partial charge in [-0.2, -0.15) is 4.31 Å². The van der Waals surface area contributed by atoms with E-state index in [4.69, 9.17) is 4.74 Å². The van der Waals surface area contributed by atoms with E-state index >= 15 is 0 Å². The largest absolute Gasteiger partial charge is 0.379 e. The minimum absolute atomic E-state index is 0.110. The number of amides is 2. The average molecular weight is 498 g/mol. The molecule has 0 saturated carbocycles. The molecule has 0 bridgehead atoms. The lowest BCUT2D eigenvalue weighted by Gasteiger charge is -2.26. The zero-order chi connectivity index (χ0) is 24.8. The first-order chi connectivity index (χ1) is 16.8. The number of benzene rings is 2. The summed E-state index contributed by atoms with van der Waals surface area (Å²) in [5.74, 6) is -0.600. The van der Waals surface area contributed by atoms with Crippen LogP contribution in [0.5, 0.6) is 0 Å². The Kier molecular flexibility index (Phi) is 7.59. The summed E-state index contributed by atoms with van der Waals surface area (Å²) in [4.78, 5) is 29.3. The molecule has 0 unspecified atom stereocenters. The van der Waals surface area contributed by atoms with Crippen molar-refractivity contribution in [3.63, 3.8) is 0 Å². The first-order valence-electron chi connectivity index (χ1n) is 11.2. The van der Waals surface area contributed by atoms with E-state index in [2.05, 4.69) is 15.6 Å². The fourth-order valence-electron chi connectivity index (χ4n) is 3.64. The maximum absolute atomic E-state index is 13.0. The van der Waals surface area contributed by atoms with Crippen LogP contribution in [0.2, 0.25) is 0 Å². The number of hydrogen-bond donors (Lipinski definition) is 2. The summed E-state index contributed by atoms with van der Waals surface area (Å²) in [7, 11) is -3.69. The topological polar surface area (TPSA) is 123 Å². The SMILES string of the molecule is Cc1ccc(S(=O)(=O)N2CCOCC2)cc1NC(=O)c1cccc(NC(=O)CCn2ccnc2)c1. The second kappa shape index (κ2) is 10.8. The molecule has 10 nitrogen and oxygen atoms in total. The number of morpholine rings is 1. The van der Waals surface area contributed by atoms with Gasteiger partial charge in [-0.25, -0.2) is 13.4 Å². The number of carbonyl (C=O) groups is 2. The van der Waals surface area contributed by atoms with Gasteiger partial charge in [0.15, 0.2) is 0 Å². The maximum atomic E-state index is 13.0. The molecule has 1 aromatic heterocycles. The molecule has 0 spiro atoms. The molecular formula is C24H27N5O5S. The molecule has 0 atom stereocenters. The first-order valence-corrected chi connectivity index (χ1v) is 12.6. The fraction of sp³-hybridized carbons (Fsp3) is 0.292. The number of nitrogens with zero attached hydrogens (tertiary/aromatic N) is 3.